The number of amides is 3. The molecule has 0 saturated heterocycles. The van der Waals surface area contributed by atoms with Crippen LogP contribution in [0.3, 0.4) is 0 Å². The van der Waals surface area contributed by atoms with E-state index in [1.54, 1.807) is 0 Å². The lowest BCUT2D eigenvalue weighted by Crippen LogP contribution is -2.48. The number of rotatable bonds is 10. The number of sulfonamides is 1. The van der Waals surface area contributed by atoms with Crippen LogP contribution in [0.1, 0.15) is 77.6 Å². The number of aliphatic hydroxyl groups is 1. The molecule has 12 heteroatoms. The molecule has 0 spiro atoms. The quantitative estimate of drug-likeness (QED) is 0.250. The van der Waals surface area contributed by atoms with E-state index in [1.807, 2.05) is 82.3 Å². The van der Waals surface area contributed by atoms with Crippen molar-refractivity contribution in [3.63, 3.8) is 0 Å². The molecule has 264 valence electrons. The van der Waals surface area contributed by atoms with Crippen molar-refractivity contribution in [3.8, 4) is 0 Å². The van der Waals surface area contributed by atoms with Crippen molar-refractivity contribution in [2.75, 3.05) is 30.8 Å². The Morgan fingerprint density at radius 2 is 1.57 bits per heavy atom. The lowest BCUT2D eigenvalue weighted by Gasteiger charge is -2.29. The molecule has 1 aliphatic heterocycles. The molecule has 4 N–H and O–H groups in total. The minimum atomic E-state index is -3.76. The number of fused-ring (bicyclic) bond motifs is 4. The molecule has 0 radical (unpaired) electrons. The Hall–Kier alpha value is -4.26. The Morgan fingerprint density at radius 3 is 2.18 bits per heavy atom. The molecule has 11 nitrogen and oxygen atoms in total. The third-order valence-electron chi connectivity index (χ3n) is 8.66. The Balaban J connectivity index is 1.77. The van der Waals surface area contributed by atoms with Gasteiger partial charge in [-0.25, -0.2) is 8.42 Å². The number of hydrogen-bond donors (Lipinski definition) is 4. The highest BCUT2D eigenvalue weighted by Gasteiger charge is 2.31. The minimum absolute atomic E-state index is 0.0112. The largest absolute Gasteiger partial charge is 0.391 e. The van der Waals surface area contributed by atoms with Gasteiger partial charge in [-0.05, 0) is 53.1 Å². The number of anilines is 1. The van der Waals surface area contributed by atoms with Crippen molar-refractivity contribution in [1.82, 2.24) is 16.0 Å². The Morgan fingerprint density at radius 1 is 0.939 bits per heavy atom. The topological polar surface area (TPSA) is 154 Å². The summed E-state index contributed by atoms with van der Waals surface area (Å²) in [5, 5.41) is 20.4. The third kappa shape index (κ3) is 10.1. The first-order valence-corrected chi connectivity index (χ1v) is 18.4. The molecule has 4 bridgehead atoms. The predicted molar refractivity (Wildman–Crippen MR) is 190 cm³/mol. The first-order chi connectivity index (χ1) is 23.1. The highest BCUT2D eigenvalue weighted by molar-refractivity contribution is 7.92. The summed E-state index contributed by atoms with van der Waals surface area (Å²) < 4.78 is 32.2. The molecule has 1 heterocycles. The smallest absolute Gasteiger partial charge is 0.252 e. The fraction of sp³-hybridized carbons (Fsp3) is 0.432. The number of ether oxygens (including phenoxy) is 1. The van der Waals surface area contributed by atoms with Gasteiger partial charge in [-0.3, -0.25) is 18.7 Å². The summed E-state index contributed by atoms with van der Waals surface area (Å²) in [5.41, 5.74) is 2.61. The summed E-state index contributed by atoms with van der Waals surface area (Å²) in [6.07, 6.45) is -0.0795. The number of hydrogen-bond acceptors (Lipinski definition) is 7. The van der Waals surface area contributed by atoms with Crippen LogP contribution < -0.4 is 20.3 Å². The molecule has 4 atom stereocenters. The normalized spacial score (nSPS) is 18.5. The van der Waals surface area contributed by atoms with Crippen LogP contribution >= 0.6 is 0 Å². The van der Waals surface area contributed by atoms with Gasteiger partial charge in [0.15, 0.2) is 0 Å². The van der Waals surface area contributed by atoms with E-state index in [4.69, 9.17) is 4.74 Å². The number of carbonyl (C=O) groups is 3. The first kappa shape index (κ1) is 37.6. The maximum atomic E-state index is 13.9. The lowest BCUT2D eigenvalue weighted by atomic mass is 9.87. The Kier molecular flexibility index (Phi) is 12.6. The van der Waals surface area contributed by atoms with Gasteiger partial charge in [-0.1, -0.05) is 82.3 Å². The van der Waals surface area contributed by atoms with Crippen LogP contribution in [-0.4, -0.2) is 69.8 Å². The predicted octanol–water partition coefficient (Wildman–Crippen LogP) is 4.03. The lowest BCUT2D eigenvalue weighted by molar-refractivity contribution is -0.128. The van der Waals surface area contributed by atoms with E-state index in [0.29, 0.717) is 6.54 Å². The monoisotopic (exact) mass is 692 g/mol. The number of nitrogens with one attached hydrogen (secondary N) is 3. The molecule has 0 saturated carbocycles. The molecule has 3 aromatic rings. The van der Waals surface area contributed by atoms with Crippen LogP contribution in [0.5, 0.6) is 0 Å². The summed E-state index contributed by atoms with van der Waals surface area (Å²) in [4.78, 5) is 40.9. The van der Waals surface area contributed by atoms with Crippen LogP contribution in [0.25, 0.3) is 0 Å². The molecule has 0 fully saturated rings. The van der Waals surface area contributed by atoms with Gasteiger partial charge in [0.2, 0.25) is 15.9 Å². The molecule has 0 aromatic heterocycles. The van der Waals surface area contributed by atoms with Crippen LogP contribution in [0, 0.1) is 17.8 Å². The van der Waals surface area contributed by atoms with Crippen molar-refractivity contribution in [2.24, 2.45) is 17.8 Å². The van der Waals surface area contributed by atoms with E-state index in [2.05, 4.69) is 16.0 Å². The molecule has 0 aliphatic carbocycles. The summed E-state index contributed by atoms with van der Waals surface area (Å²) in [6, 6.07) is 19.7. The van der Waals surface area contributed by atoms with Gasteiger partial charge in [-0.2, -0.15) is 0 Å². The van der Waals surface area contributed by atoms with E-state index in [0.717, 1.165) is 27.3 Å². The average molecular weight is 693 g/mol. The van der Waals surface area contributed by atoms with E-state index < -0.39 is 45.9 Å². The average Bonchev–Trinajstić information content (AvgIpc) is 3.06. The standard InChI is InChI=1S/C37H48N4O7S/c1-23(2)20-38-37(45)31(24(3)4)19-33(42)32-22-48-21-25-11-10-14-27(15-25)34(26-12-8-7-9-13-26)40-36(44)29-16-28(35(43)39-32)17-30(18-29)41(5)49(6,46)47/h7-18,23-24,31-34,42H,19-22H2,1-6H3,(H,38,45)(H,39,43)(H,40,44)/t31-,32-,33-,34-/m0/s1. The molecular weight excluding hydrogens is 644 g/mol. The zero-order chi connectivity index (χ0) is 35.9. The Bertz CT molecular complexity index is 1730. The molecule has 3 aromatic carbocycles. The minimum Gasteiger partial charge on any atom is -0.391 e. The van der Waals surface area contributed by atoms with E-state index in [9.17, 15) is 27.9 Å². The van der Waals surface area contributed by atoms with Crippen molar-refractivity contribution >= 4 is 33.4 Å². The number of nitrogens with zero attached hydrogens (tertiary/aromatic N) is 1. The summed E-state index contributed by atoms with van der Waals surface area (Å²) in [5.74, 6) is -1.72. The summed E-state index contributed by atoms with van der Waals surface area (Å²) >= 11 is 0. The van der Waals surface area contributed by atoms with Crippen molar-refractivity contribution in [2.45, 2.75) is 58.9 Å². The number of aliphatic hydroxyl groups excluding tert-OH is 1. The van der Waals surface area contributed by atoms with Gasteiger partial charge in [0.05, 0.1) is 43.3 Å². The van der Waals surface area contributed by atoms with Crippen molar-refractivity contribution in [1.29, 1.82) is 0 Å². The highest BCUT2D eigenvalue weighted by Crippen LogP contribution is 2.27. The second kappa shape index (κ2) is 16.4. The SMILES string of the molecule is CC(C)CNC(=O)[C@@H](C[C@H](O)[C@@H]1COCc2cccc(c2)[C@H](c2ccccc2)NC(=O)c2cc(cc(N(C)S(C)(=O)=O)c2)C(=O)N1)C(C)C. The fourth-order valence-electron chi connectivity index (χ4n) is 5.67. The first-order valence-electron chi connectivity index (χ1n) is 16.5. The van der Waals surface area contributed by atoms with E-state index >= 15 is 0 Å². The zero-order valence-corrected chi connectivity index (χ0v) is 29.8. The van der Waals surface area contributed by atoms with Gasteiger partial charge >= 0.3 is 0 Å². The Labute approximate surface area is 289 Å². The van der Waals surface area contributed by atoms with Gasteiger partial charge in [0, 0.05) is 30.6 Å². The van der Waals surface area contributed by atoms with Crippen LogP contribution in [0.4, 0.5) is 5.69 Å². The number of benzene rings is 3. The maximum Gasteiger partial charge on any atom is 0.252 e. The highest BCUT2D eigenvalue weighted by atomic mass is 32.2. The van der Waals surface area contributed by atoms with Crippen molar-refractivity contribution < 1.29 is 32.6 Å². The van der Waals surface area contributed by atoms with Crippen LogP contribution in [0.15, 0.2) is 72.8 Å². The van der Waals surface area contributed by atoms with Gasteiger partial charge < -0.3 is 25.8 Å². The third-order valence-corrected chi connectivity index (χ3v) is 9.87. The van der Waals surface area contributed by atoms with Crippen LogP contribution in [0.2, 0.25) is 0 Å². The second-order valence-corrected chi connectivity index (χ2v) is 15.5. The number of carbonyl (C=O) groups excluding carboxylic acids is 3. The molecular formula is C37H48N4O7S. The summed E-state index contributed by atoms with van der Waals surface area (Å²) in [7, 11) is -2.42. The molecule has 49 heavy (non-hydrogen) atoms. The molecule has 3 amide bonds. The zero-order valence-electron chi connectivity index (χ0n) is 29.0. The second-order valence-electron chi connectivity index (χ2n) is 13.4. The maximum absolute atomic E-state index is 13.9. The van der Waals surface area contributed by atoms with E-state index in [1.165, 1.54) is 25.2 Å². The van der Waals surface area contributed by atoms with Crippen LogP contribution in [-0.2, 0) is 26.2 Å². The fourth-order valence-corrected chi connectivity index (χ4v) is 6.16. The molecule has 0 unspecified atom stereocenters. The van der Waals surface area contributed by atoms with E-state index in [-0.39, 0.29) is 54.2 Å². The molecule has 4 rings (SSSR count). The van der Waals surface area contributed by atoms with Gasteiger partial charge in [-0.15, -0.1) is 0 Å². The molecule has 1 aliphatic rings. The van der Waals surface area contributed by atoms with Crippen molar-refractivity contribution in [3.05, 3.63) is 101 Å². The van der Waals surface area contributed by atoms with Gasteiger partial charge in [0.1, 0.15) is 0 Å². The summed E-state index contributed by atoms with van der Waals surface area (Å²) in [6.45, 7) is 8.39. The van der Waals surface area contributed by atoms with Gasteiger partial charge in [0.25, 0.3) is 11.8 Å².